The first kappa shape index (κ1) is 16.3. The fourth-order valence-corrected chi connectivity index (χ4v) is 3.45. The molecule has 21 heavy (non-hydrogen) atoms. The summed E-state index contributed by atoms with van der Waals surface area (Å²) in [5, 5.41) is 0. The maximum absolute atomic E-state index is 12.8. The van der Waals surface area contributed by atoms with E-state index in [1.807, 2.05) is 11.8 Å². The van der Waals surface area contributed by atoms with E-state index in [2.05, 4.69) is 0 Å². The minimum atomic E-state index is -0.231. The molecule has 116 valence electrons. The molecule has 1 heterocycles. The number of hydrogen-bond donors (Lipinski definition) is 1. The van der Waals surface area contributed by atoms with Gasteiger partial charge in [0, 0.05) is 36.2 Å². The Morgan fingerprint density at radius 2 is 2.19 bits per heavy atom. The molecule has 3 nitrogen and oxygen atoms in total. The van der Waals surface area contributed by atoms with Gasteiger partial charge in [0.15, 0.2) is 0 Å². The summed E-state index contributed by atoms with van der Waals surface area (Å²) >= 11 is 1.59. The Balaban J connectivity index is 1.75. The van der Waals surface area contributed by atoms with Crippen LogP contribution in [0.3, 0.4) is 0 Å². The number of nitrogens with zero attached hydrogens (tertiary/aromatic N) is 1. The normalized spacial score (nSPS) is 20.3. The molecule has 2 N–H and O–H groups in total. The molecular weight excluding hydrogens is 287 g/mol. The topological polar surface area (TPSA) is 46.3 Å². The molecule has 1 aliphatic heterocycles. The van der Waals surface area contributed by atoms with Crippen LogP contribution in [0, 0.1) is 11.7 Å². The highest BCUT2D eigenvalue weighted by Crippen LogP contribution is 2.22. The Hall–Kier alpha value is -1.07. The van der Waals surface area contributed by atoms with Crippen LogP contribution in [0.2, 0.25) is 0 Å². The van der Waals surface area contributed by atoms with Gasteiger partial charge in [-0.3, -0.25) is 4.79 Å². The van der Waals surface area contributed by atoms with Gasteiger partial charge in [0.2, 0.25) is 5.91 Å². The van der Waals surface area contributed by atoms with Gasteiger partial charge in [0.1, 0.15) is 5.82 Å². The first-order valence-corrected chi connectivity index (χ1v) is 8.46. The van der Waals surface area contributed by atoms with E-state index in [1.165, 1.54) is 12.1 Å². The predicted octanol–water partition coefficient (Wildman–Crippen LogP) is 2.89. The van der Waals surface area contributed by atoms with E-state index in [4.69, 9.17) is 5.73 Å². The molecule has 0 spiro atoms. The number of piperidine rings is 1. The van der Waals surface area contributed by atoms with E-state index >= 15 is 0 Å². The monoisotopic (exact) mass is 310 g/mol. The molecule has 0 bridgehead atoms. The third kappa shape index (κ3) is 5.00. The van der Waals surface area contributed by atoms with Crippen molar-refractivity contribution in [3.8, 4) is 0 Å². The zero-order chi connectivity index (χ0) is 15.2. The fourth-order valence-electron chi connectivity index (χ4n) is 2.61. The van der Waals surface area contributed by atoms with Gasteiger partial charge in [-0.05, 0) is 49.9 Å². The van der Waals surface area contributed by atoms with Crippen LogP contribution in [-0.2, 0) is 4.79 Å². The first-order valence-electron chi connectivity index (χ1n) is 7.48. The fraction of sp³-hybridized carbons (Fsp3) is 0.562. The van der Waals surface area contributed by atoms with E-state index < -0.39 is 0 Å². The Labute approximate surface area is 130 Å². The maximum atomic E-state index is 12.8. The standard InChI is InChI=1S/C16H23FN2OS/c1-12(18)13-3-2-9-19(11-13)16(20)8-10-21-15-6-4-14(17)5-7-15/h4-7,12-13H,2-3,8-11,18H2,1H3. The summed E-state index contributed by atoms with van der Waals surface area (Å²) < 4.78 is 12.8. The molecule has 5 heteroatoms. The predicted molar refractivity (Wildman–Crippen MR) is 84.7 cm³/mol. The first-order chi connectivity index (χ1) is 10.1. The van der Waals surface area contributed by atoms with Gasteiger partial charge in [0.05, 0.1) is 0 Å². The Kier molecular flexibility index (Phi) is 6.06. The van der Waals surface area contributed by atoms with Gasteiger partial charge in [-0.15, -0.1) is 11.8 Å². The largest absolute Gasteiger partial charge is 0.342 e. The zero-order valence-electron chi connectivity index (χ0n) is 12.4. The summed E-state index contributed by atoms with van der Waals surface area (Å²) in [5.41, 5.74) is 5.95. The molecule has 0 saturated carbocycles. The molecule has 0 aliphatic carbocycles. The van der Waals surface area contributed by atoms with Gasteiger partial charge in [-0.1, -0.05) is 0 Å². The molecule has 2 rings (SSSR count). The van der Waals surface area contributed by atoms with Crippen LogP contribution >= 0.6 is 11.8 Å². The SMILES string of the molecule is CC(N)C1CCCN(C(=O)CCSc2ccc(F)cc2)C1. The van der Waals surface area contributed by atoms with E-state index in [0.29, 0.717) is 12.3 Å². The number of nitrogens with two attached hydrogens (primary N) is 1. The summed E-state index contributed by atoms with van der Waals surface area (Å²) in [6, 6.07) is 6.54. The summed E-state index contributed by atoms with van der Waals surface area (Å²) in [6.45, 7) is 3.66. The van der Waals surface area contributed by atoms with Crippen molar-refractivity contribution in [1.29, 1.82) is 0 Å². The van der Waals surface area contributed by atoms with Crippen molar-refractivity contribution in [3.05, 3.63) is 30.1 Å². The highest BCUT2D eigenvalue weighted by Gasteiger charge is 2.25. The summed E-state index contributed by atoms with van der Waals surface area (Å²) in [5.74, 6) is 1.12. The van der Waals surface area contributed by atoms with Crippen LogP contribution in [0.25, 0.3) is 0 Å². The van der Waals surface area contributed by atoms with Crippen molar-refractivity contribution in [2.45, 2.75) is 37.1 Å². The number of carbonyl (C=O) groups excluding carboxylic acids is 1. The van der Waals surface area contributed by atoms with Gasteiger partial charge < -0.3 is 10.6 Å². The second-order valence-electron chi connectivity index (χ2n) is 5.65. The van der Waals surface area contributed by atoms with Crippen molar-refractivity contribution in [3.63, 3.8) is 0 Å². The van der Waals surface area contributed by atoms with Crippen LogP contribution in [-0.4, -0.2) is 35.7 Å². The summed E-state index contributed by atoms with van der Waals surface area (Å²) in [7, 11) is 0. The number of benzene rings is 1. The molecule has 1 fully saturated rings. The van der Waals surface area contributed by atoms with E-state index in [0.717, 1.165) is 36.6 Å². The molecule has 1 amide bonds. The lowest BCUT2D eigenvalue weighted by atomic mass is 9.92. The van der Waals surface area contributed by atoms with Gasteiger partial charge >= 0.3 is 0 Å². The number of rotatable bonds is 5. The van der Waals surface area contributed by atoms with E-state index in [1.54, 1.807) is 23.9 Å². The Morgan fingerprint density at radius 1 is 1.48 bits per heavy atom. The smallest absolute Gasteiger partial charge is 0.223 e. The molecule has 1 aliphatic rings. The van der Waals surface area contributed by atoms with Crippen molar-refractivity contribution in [2.24, 2.45) is 11.7 Å². The van der Waals surface area contributed by atoms with Gasteiger partial charge in [-0.25, -0.2) is 4.39 Å². The Morgan fingerprint density at radius 3 is 2.86 bits per heavy atom. The van der Waals surface area contributed by atoms with Gasteiger partial charge in [0.25, 0.3) is 0 Å². The number of halogens is 1. The van der Waals surface area contributed by atoms with Crippen LogP contribution in [0.15, 0.2) is 29.2 Å². The van der Waals surface area contributed by atoms with Crippen molar-refractivity contribution in [2.75, 3.05) is 18.8 Å². The maximum Gasteiger partial charge on any atom is 0.223 e. The van der Waals surface area contributed by atoms with Crippen molar-refractivity contribution >= 4 is 17.7 Å². The van der Waals surface area contributed by atoms with Crippen LogP contribution < -0.4 is 5.73 Å². The minimum absolute atomic E-state index is 0.147. The number of likely N-dealkylation sites (tertiary alicyclic amines) is 1. The molecular formula is C16H23FN2OS. The molecule has 1 aromatic carbocycles. The number of hydrogen-bond acceptors (Lipinski definition) is 3. The number of carbonyl (C=O) groups is 1. The molecule has 2 atom stereocenters. The average Bonchev–Trinajstić information content (AvgIpc) is 2.49. The lowest BCUT2D eigenvalue weighted by Crippen LogP contribution is -2.45. The lowest BCUT2D eigenvalue weighted by Gasteiger charge is -2.34. The van der Waals surface area contributed by atoms with E-state index in [-0.39, 0.29) is 17.8 Å². The highest BCUT2D eigenvalue weighted by molar-refractivity contribution is 7.99. The number of thioether (sulfide) groups is 1. The van der Waals surface area contributed by atoms with Crippen LogP contribution in [0.5, 0.6) is 0 Å². The van der Waals surface area contributed by atoms with Crippen LogP contribution in [0.4, 0.5) is 4.39 Å². The second-order valence-corrected chi connectivity index (χ2v) is 6.82. The third-order valence-corrected chi connectivity index (χ3v) is 4.97. The molecule has 1 aromatic rings. The van der Waals surface area contributed by atoms with Crippen LogP contribution in [0.1, 0.15) is 26.2 Å². The average molecular weight is 310 g/mol. The van der Waals surface area contributed by atoms with Crippen molar-refractivity contribution < 1.29 is 9.18 Å². The molecule has 2 unspecified atom stereocenters. The highest BCUT2D eigenvalue weighted by atomic mass is 32.2. The summed E-state index contributed by atoms with van der Waals surface area (Å²) in [4.78, 5) is 15.2. The summed E-state index contributed by atoms with van der Waals surface area (Å²) in [6.07, 6.45) is 2.68. The lowest BCUT2D eigenvalue weighted by molar-refractivity contribution is -0.132. The molecule has 1 saturated heterocycles. The van der Waals surface area contributed by atoms with E-state index in [9.17, 15) is 9.18 Å². The number of amides is 1. The van der Waals surface area contributed by atoms with Crippen molar-refractivity contribution in [1.82, 2.24) is 4.90 Å². The Bertz CT molecular complexity index is 464. The molecule has 0 radical (unpaired) electrons. The van der Waals surface area contributed by atoms with Gasteiger partial charge in [-0.2, -0.15) is 0 Å². The quantitative estimate of drug-likeness (QED) is 0.851. The molecule has 0 aromatic heterocycles. The minimum Gasteiger partial charge on any atom is -0.342 e. The second kappa shape index (κ2) is 7.80. The zero-order valence-corrected chi connectivity index (χ0v) is 13.2. The third-order valence-electron chi connectivity index (χ3n) is 3.95.